The van der Waals surface area contributed by atoms with Gasteiger partial charge in [-0.15, -0.1) is 0 Å². The number of esters is 1. The highest BCUT2D eigenvalue weighted by Crippen LogP contribution is 2.46. The molecule has 1 aliphatic rings. The summed E-state index contributed by atoms with van der Waals surface area (Å²) in [6.07, 6.45) is 0. The second kappa shape index (κ2) is 4.10. The van der Waals surface area contributed by atoms with Crippen LogP contribution in [0.25, 0.3) is 0 Å². The molecule has 0 radical (unpaired) electrons. The van der Waals surface area contributed by atoms with Crippen LogP contribution in [0.5, 0.6) is 11.5 Å². The smallest absolute Gasteiger partial charge is 0.305 e. The van der Waals surface area contributed by atoms with Crippen LogP contribution in [-0.2, 0) is 15.3 Å². The van der Waals surface area contributed by atoms with Crippen LogP contribution in [0.2, 0.25) is 0 Å². The standard InChI is InChI=1S/C15H12O4/c1-10(16)19-15(17)11-6-2-4-8-13(11)18-14-9-5-3-7-12(14)15/h2-9,17H,1H3. The third-order valence-corrected chi connectivity index (χ3v) is 3.02. The summed E-state index contributed by atoms with van der Waals surface area (Å²) in [5.74, 6) is -1.42. The summed E-state index contributed by atoms with van der Waals surface area (Å²) in [7, 11) is 0. The van der Waals surface area contributed by atoms with Gasteiger partial charge in [0.2, 0.25) is 0 Å². The molecule has 0 saturated carbocycles. The number of carbonyl (C=O) groups excluding carboxylic acids is 1. The topological polar surface area (TPSA) is 55.8 Å². The average molecular weight is 256 g/mol. The fourth-order valence-corrected chi connectivity index (χ4v) is 2.25. The maximum Gasteiger partial charge on any atom is 0.305 e. The molecule has 0 saturated heterocycles. The predicted octanol–water partition coefficient (Wildman–Crippen LogP) is 2.55. The minimum atomic E-state index is -1.81. The van der Waals surface area contributed by atoms with Gasteiger partial charge in [-0.1, -0.05) is 24.3 Å². The van der Waals surface area contributed by atoms with Crippen LogP contribution in [0.15, 0.2) is 48.5 Å². The minimum absolute atomic E-state index is 0.420. The first-order valence-corrected chi connectivity index (χ1v) is 5.90. The zero-order valence-corrected chi connectivity index (χ0v) is 10.3. The molecule has 0 bridgehead atoms. The van der Waals surface area contributed by atoms with Crippen molar-refractivity contribution in [2.24, 2.45) is 0 Å². The molecule has 0 amide bonds. The van der Waals surface area contributed by atoms with Gasteiger partial charge >= 0.3 is 5.97 Å². The molecule has 19 heavy (non-hydrogen) atoms. The van der Waals surface area contributed by atoms with E-state index in [2.05, 4.69) is 0 Å². The molecule has 2 aromatic carbocycles. The van der Waals surface area contributed by atoms with Crippen molar-refractivity contribution in [3.05, 3.63) is 59.7 Å². The predicted molar refractivity (Wildman–Crippen MR) is 67.7 cm³/mol. The lowest BCUT2D eigenvalue weighted by Gasteiger charge is -2.34. The third-order valence-electron chi connectivity index (χ3n) is 3.02. The van der Waals surface area contributed by atoms with Crippen molar-refractivity contribution in [3.63, 3.8) is 0 Å². The summed E-state index contributed by atoms with van der Waals surface area (Å²) in [6, 6.07) is 13.9. The van der Waals surface area contributed by atoms with E-state index in [4.69, 9.17) is 9.47 Å². The van der Waals surface area contributed by atoms with E-state index in [1.54, 1.807) is 48.5 Å². The molecule has 4 nitrogen and oxygen atoms in total. The largest absolute Gasteiger partial charge is 0.456 e. The summed E-state index contributed by atoms with van der Waals surface area (Å²) in [6.45, 7) is 1.26. The highest BCUT2D eigenvalue weighted by atomic mass is 16.7. The molecule has 0 atom stereocenters. The number of hydrogen-bond acceptors (Lipinski definition) is 4. The van der Waals surface area contributed by atoms with Crippen LogP contribution in [0.4, 0.5) is 0 Å². The molecule has 0 spiro atoms. The van der Waals surface area contributed by atoms with Gasteiger partial charge in [-0.3, -0.25) is 4.79 Å². The lowest BCUT2D eigenvalue weighted by atomic mass is 9.93. The Hall–Kier alpha value is -2.33. The molecular weight excluding hydrogens is 244 g/mol. The zero-order valence-electron chi connectivity index (χ0n) is 10.3. The van der Waals surface area contributed by atoms with E-state index in [0.717, 1.165) is 0 Å². The summed E-state index contributed by atoms with van der Waals surface area (Å²) < 4.78 is 10.9. The molecule has 0 fully saturated rings. The van der Waals surface area contributed by atoms with Crippen LogP contribution in [-0.4, -0.2) is 11.1 Å². The SMILES string of the molecule is CC(=O)OC1(O)c2ccccc2Oc2ccccc21. The number of aliphatic hydroxyl groups is 1. The van der Waals surface area contributed by atoms with Crippen molar-refractivity contribution in [1.29, 1.82) is 0 Å². The summed E-state index contributed by atoms with van der Waals surface area (Å²) in [4.78, 5) is 11.3. The number of ether oxygens (including phenoxy) is 2. The first-order valence-electron chi connectivity index (χ1n) is 5.90. The van der Waals surface area contributed by atoms with Crippen molar-refractivity contribution >= 4 is 5.97 Å². The van der Waals surface area contributed by atoms with E-state index in [-0.39, 0.29) is 0 Å². The number of carbonyl (C=O) groups is 1. The van der Waals surface area contributed by atoms with E-state index in [1.807, 2.05) is 0 Å². The Morgan fingerprint density at radius 3 is 2.00 bits per heavy atom. The van der Waals surface area contributed by atoms with E-state index in [1.165, 1.54) is 6.92 Å². The maximum atomic E-state index is 11.3. The van der Waals surface area contributed by atoms with Crippen molar-refractivity contribution in [2.45, 2.75) is 12.7 Å². The summed E-state index contributed by atoms with van der Waals surface area (Å²) in [5, 5.41) is 10.8. The lowest BCUT2D eigenvalue weighted by Crippen LogP contribution is -2.35. The number of fused-ring (bicyclic) bond motifs is 2. The third kappa shape index (κ3) is 1.77. The van der Waals surface area contributed by atoms with Gasteiger partial charge in [-0.25, -0.2) is 0 Å². The molecule has 0 aromatic heterocycles. The van der Waals surface area contributed by atoms with E-state index < -0.39 is 11.8 Å². The highest BCUT2D eigenvalue weighted by molar-refractivity contribution is 5.68. The van der Waals surface area contributed by atoms with Gasteiger partial charge in [-0.05, 0) is 24.3 Å². The average Bonchev–Trinajstić information content (AvgIpc) is 2.38. The Morgan fingerprint density at radius 1 is 1.05 bits per heavy atom. The molecular formula is C15H12O4. The van der Waals surface area contributed by atoms with Crippen LogP contribution in [0.3, 0.4) is 0 Å². The fraction of sp³-hybridized carbons (Fsp3) is 0.133. The fourth-order valence-electron chi connectivity index (χ4n) is 2.25. The quantitative estimate of drug-likeness (QED) is 0.629. The second-order valence-electron chi connectivity index (χ2n) is 4.33. The number of hydrogen-bond donors (Lipinski definition) is 1. The first-order chi connectivity index (χ1) is 9.11. The van der Waals surface area contributed by atoms with Gasteiger partial charge < -0.3 is 14.6 Å². The highest BCUT2D eigenvalue weighted by Gasteiger charge is 2.43. The molecule has 1 heterocycles. The lowest BCUT2D eigenvalue weighted by molar-refractivity contribution is -0.196. The minimum Gasteiger partial charge on any atom is -0.456 e. The Labute approximate surface area is 110 Å². The number of rotatable bonds is 1. The van der Waals surface area contributed by atoms with Gasteiger partial charge in [0.1, 0.15) is 11.5 Å². The van der Waals surface area contributed by atoms with Crippen LogP contribution in [0.1, 0.15) is 18.1 Å². The molecule has 2 aromatic rings. The Bertz CT molecular complexity index is 603. The first kappa shape index (κ1) is 11.7. The maximum absolute atomic E-state index is 11.3. The molecule has 0 aliphatic carbocycles. The van der Waals surface area contributed by atoms with Crippen LogP contribution >= 0.6 is 0 Å². The molecule has 3 rings (SSSR count). The number of benzene rings is 2. The molecule has 0 unspecified atom stereocenters. The Balaban J connectivity index is 2.25. The molecule has 96 valence electrons. The van der Waals surface area contributed by atoms with Gasteiger partial charge in [-0.2, -0.15) is 0 Å². The zero-order chi connectivity index (χ0) is 13.5. The second-order valence-corrected chi connectivity index (χ2v) is 4.33. The monoisotopic (exact) mass is 256 g/mol. The van der Waals surface area contributed by atoms with E-state index in [0.29, 0.717) is 22.6 Å². The summed E-state index contributed by atoms with van der Waals surface area (Å²) >= 11 is 0. The molecule has 1 aliphatic heterocycles. The number of para-hydroxylation sites is 2. The van der Waals surface area contributed by atoms with Gasteiger partial charge in [0.25, 0.3) is 5.79 Å². The van der Waals surface area contributed by atoms with Crippen molar-refractivity contribution < 1.29 is 19.4 Å². The van der Waals surface area contributed by atoms with Gasteiger partial charge in [0.15, 0.2) is 0 Å². The van der Waals surface area contributed by atoms with Crippen molar-refractivity contribution in [2.75, 3.05) is 0 Å². The molecule has 4 heteroatoms. The van der Waals surface area contributed by atoms with Gasteiger partial charge in [0.05, 0.1) is 11.1 Å². The van der Waals surface area contributed by atoms with Crippen LogP contribution in [0, 0.1) is 0 Å². The van der Waals surface area contributed by atoms with Crippen molar-refractivity contribution in [3.8, 4) is 11.5 Å². The van der Waals surface area contributed by atoms with E-state index >= 15 is 0 Å². The van der Waals surface area contributed by atoms with Crippen molar-refractivity contribution in [1.82, 2.24) is 0 Å². The normalized spacial score (nSPS) is 14.8. The Morgan fingerprint density at radius 2 is 1.53 bits per heavy atom. The molecule has 1 N–H and O–H groups in total. The van der Waals surface area contributed by atoms with Gasteiger partial charge in [0, 0.05) is 6.92 Å². The van der Waals surface area contributed by atoms with E-state index in [9.17, 15) is 9.90 Å². The summed E-state index contributed by atoms with van der Waals surface area (Å²) in [5.41, 5.74) is 0.841. The van der Waals surface area contributed by atoms with Crippen LogP contribution < -0.4 is 4.74 Å². The Kier molecular flexibility index (Phi) is 2.54.